The molecule has 1 atom stereocenters. The third-order valence-corrected chi connectivity index (χ3v) is 4.04. The van der Waals surface area contributed by atoms with Crippen LogP contribution < -0.4 is 10.8 Å². The highest BCUT2D eigenvalue weighted by Gasteiger charge is 2.27. The predicted molar refractivity (Wildman–Crippen MR) is 78.4 cm³/mol. The van der Waals surface area contributed by atoms with Crippen LogP contribution >= 0.6 is 0 Å². The fourth-order valence-electron chi connectivity index (χ4n) is 2.97. The number of carboxylic acid groups (broad SMARTS) is 1. The molecular formula is C16H23N2O2-. The Hall–Kier alpha value is -1.71. The minimum Gasteiger partial charge on any atom is -0.530 e. The fraction of sp³-hybridized carbons (Fsp3) is 0.562. The summed E-state index contributed by atoms with van der Waals surface area (Å²) in [5, 5.41) is 11.4. The second-order valence-electron chi connectivity index (χ2n) is 6.59. The van der Waals surface area contributed by atoms with E-state index in [1.807, 2.05) is 39.0 Å². The summed E-state index contributed by atoms with van der Waals surface area (Å²) in [5.41, 5.74) is 8.66. The molecular weight excluding hydrogens is 252 g/mol. The van der Waals surface area contributed by atoms with Gasteiger partial charge in [0.05, 0.1) is 0 Å². The number of nitrogens with zero attached hydrogens (tertiary/aromatic N) is 1. The molecule has 4 nitrogen and oxygen atoms in total. The molecule has 20 heavy (non-hydrogen) atoms. The van der Waals surface area contributed by atoms with Crippen molar-refractivity contribution in [2.45, 2.75) is 51.5 Å². The van der Waals surface area contributed by atoms with Gasteiger partial charge in [0.15, 0.2) is 0 Å². The first-order chi connectivity index (χ1) is 9.29. The highest BCUT2D eigenvalue weighted by Crippen LogP contribution is 2.34. The summed E-state index contributed by atoms with van der Waals surface area (Å²) < 4.78 is 0. The maximum absolute atomic E-state index is 11.4. The molecule has 0 fully saturated rings. The van der Waals surface area contributed by atoms with E-state index in [2.05, 4.69) is 0 Å². The van der Waals surface area contributed by atoms with Crippen molar-refractivity contribution in [2.75, 3.05) is 12.3 Å². The van der Waals surface area contributed by atoms with E-state index in [0.717, 1.165) is 24.9 Å². The molecule has 1 aliphatic carbocycles. The topological polar surface area (TPSA) is 69.4 Å². The molecule has 1 unspecified atom stereocenters. The first kappa shape index (κ1) is 14.7. The van der Waals surface area contributed by atoms with Crippen molar-refractivity contribution < 1.29 is 9.90 Å². The van der Waals surface area contributed by atoms with Crippen LogP contribution in [0.15, 0.2) is 18.2 Å². The molecule has 0 aliphatic heterocycles. The zero-order valence-electron chi connectivity index (χ0n) is 12.5. The maximum atomic E-state index is 11.4. The lowest BCUT2D eigenvalue weighted by Gasteiger charge is -2.41. The van der Waals surface area contributed by atoms with Crippen LogP contribution in [0.1, 0.15) is 50.7 Å². The molecule has 1 aromatic carbocycles. The number of carbonyl (C=O) groups excluding carboxylic acids is 1. The SMILES string of the molecule is CC(C)(C)N(CC1CCCc2cc(N)ccc21)C(=O)[O-]. The van der Waals surface area contributed by atoms with Crippen LogP contribution in [0.4, 0.5) is 10.5 Å². The minimum atomic E-state index is -1.10. The molecule has 1 aromatic rings. The summed E-state index contributed by atoms with van der Waals surface area (Å²) in [6.45, 7) is 6.18. The monoisotopic (exact) mass is 275 g/mol. The molecule has 2 rings (SSSR count). The van der Waals surface area contributed by atoms with Gasteiger partial charge >= 0.3 is 0 Å². The number of benzene rings is 1. The van der Waals surface area contributed by atoms with E-state index >= 15 is 0 Å². The Morgan fingerprint density at radius 3 is 2.75 bits per heavy atom. The molecule has 1 amide bonds. The Bertz CT molecular complexity index is 506. The molecule has 0 spiro atoms. The Balaban J connectivity index is 2.25. The van der Waals surface area contributed by atoms with Crippen molar-refractivity contribution >= 4 is 11.8 Å². The van der Waals surface area contributed by atoms with Gasteiger partial charge in [0.1, 0.15) is 6.09 Å². The lowest BCUT2D eigenvalue weighted by molar-refractivity contribution is -0.270. The first-order valence-corrected chi connectivity index (χ1v) is 7.16. The van der Waals surface area contributed by atoms with Crippen LogP contribution in [0.3, 0.4) is 0 Å². The number of rotatable bonds is 2. The number of fused-ring (bicyclic) bond motifs is 1. The third-order valence-electron chi connectivity index (χ3n) is 4.04. The smallest absolute Gasteiger partial charge is 0.137 e. The summed E-state index contributed by atoms with van der Waals surface area (Å²) in [6.07, 6.45) is 2.01. The Kier molecular flexibility index (Phi) is 3.93. The summed E-state index contributed by atoms with van der Waals surface area (Å²) in [4.78, 5) is 12.8. The number of nitrogen functional groups attached to an aromatic ring is 1. The largest absolute Gasteiger partial charge is 0.530 e. The molecule has 0 heterocycles. The van der Waals surface area contributed by atoms with Gasteiger partial charge in [0.2, 0.25) is 0 Å². The van der Waals surface area contributed by atoms with E-state index in [1.54, 1.807) is 0 Å². The minimum absolute atomic E-state index is 0.233. The molecule has 2 N–H and O–H groups in total. The van der Waals surface area contributed by atoms with Gasteiger partial charge in [-0.05, 0) is 63.3 Å². The zero-order valence-corrected chi connectivity index (χ0v) is 12.5. The van der Waals surface area contributed by atoms with E-state index in [4.69, 9.17) is 5.73 Å². The van der Waals surface area contributed by atoms with E-state index in [0.29, 0.717) is 6.54 Å². The third kappa shape index (κ3) is 3.06. The van der Waals surface area contributed by atoms with Gasteiger partial charge in [-0.1, -0.05) is 6.07 Å². The summed E-state index contributed by atoms with van der Waals surface area (Å²) in [5.74, 6) is 0.233. The van der Waals surface area contributed by atoms with Gasteiger partial charge in [-0.2, -0.15) is 0 Å². The number of carbonyl (C=O) groups is 1. The lowest BCUT2D eigenvalue weighted by Crippen LogP contribution is -2.53. The summed E-state index contributed by atoms with van der Waals surface area (Å²) >= 11 is 0. The van der Waals surface area contributed by atoms with Gasteiger partial charge in [0.25, 0.3) is 0 Å². The molecule has 0 radical (unpaired) electrons. The molecule has 110 valence electrons. The Labute approximate surface area is 120 Å². The van der Waals surface area contributed by atoms with Gasteiger partial charge in [0, 0.05) is 23.7 Å². The zero-order chi connectivity index (χ0) is 14.9. The van der Waals surface area contributed by atoms with Crippen LogP contribution in [0, 0.1) is 0 Å². The standard InChI is InChI=1S/C16H24N2O2/c1-16(2,3)18(15(19)20)10-12-6-4-5-11-9-13(17)7-8-14(11)12/h7-9,12H,4-6,10,17H2,1-3H3,(H,19,20)/p-1. The van der Waals surface area contributed by atoms with E-state index in [-0.39, 0.29) is 5.92 Å². The van der Waals surface area contributed by atoms with Crippen LogP contribution in [0.25, 0.3) is 0 Å². The quantitative estimate of drug-likeness (QED) is 0.841. The fourth-order valence-corrected chi connectivity index (χ4v) is 2.97. The number of amides is 1. The molecule has 0 saturated carbocycles. The Morgan fingerprint density at radius 2 is 2.15 bits per heavy atom. The number of hydrogen-bond acceptors (Lipinski definition) is 3. The normalized spacial score (nSPS) is 18.4. The second-order valence-corrected chi connectivity index (χ2v) is 6.59. The number of nitrogens with two attached hydrogens (primary N) is 1. The maximum Gasteiger partial charge on any atom is 0.137 e. The molecule has 0 saturated heterocycles. The molecule has 0 aromatic heterocycles. The average molecular weight is 275 g/mol. The van der Waals surface area contributed by atoms with Crippen LogP contribution in [0.2, 0.25) is 0 Å². The summed E-state index contributed by atoms with van der Waals surface area (Å²) in [7, 11) is 0. The molecule has 0 bridgehead atoms. The van der Waals surface area contributed by atoms with Crippen molar-refractivity contribution in [3.63, 3.8) is 0 Å². The van der Waals surface area contributed by atoms with Crippen molar-refractivity contribution in [1.82, 2.24) is 4.90 Å². The van der Waals surface area contributed by atoms with Crippen molar-refractivity contribution in [3.05, 3.63) is 29.3 Å². The van der Waals surface area contributed by atoms with Crippen molar-refractivity contribution in [2.24, 2.45) is 0 Å². The highest BCUT2D eigenvalue weighted by atomic mass is 16.4. The first-order valence-electron chi connectivity index (χ1n) is 7.16. The van der Waals surface area contributed by atoms with E-state index in [9.17, 15) is 9.90 Å². The van der Waals surface area contributed by atoms with Crippen LogP contribution in [-0.4, -0.2) is 23.1 Å². The van der Waals surface area contributed by atoms with Gasteiger partial charge < -0.3 is 20.5 Å². The predicted octanol–water partition coefficient (Wildman–Crippen LogP) is 2.13. The number of anilines is 1. The van der Waals surface area contributed by atoms with E-state index in [1.165, 1.54) is 16.0 Å². The van der Waals surface area contributed by atoms with Gasteiger partial charge in [-0.15, -0.1) is 0 Å². The number of aryl methyl sites for hydroxylation is 1. The van der Waals surface area contributed by atoms with Crippen molar-refractivity contribution in [1.29, 1.82) is 0 Å². The van der Waals surface area contributed by atoms with Gasteiger partial charge in [-0.25, -0.2) is 0 Å². The Morgan fingerprint density at radius 1 is 1.45 bits per heavy atom. The van der Waals surface area contributed by atoms with E-state index < -0.39 is 11.6 Å². The van der Waals surface area contributed by atoms with Crippen molar-refractivity contribution in [3.8, 4) is 0 Å². The molecule has 1 aliphatic rings. The molecule has 4 heteroatoms. The average Bonchev–Trinajstić information content (AvgIpc) is 2.33. The highest BCUT2D eigenvalue weighted by molar-refractivity contribution is 5.63. The number of hydrogen-bond donors (Lipinski definition) is 1. The summed E-state index contributed by atoms with van der Waals surface area (Å²) in [6, 6.07) is 5.96. The van der Waals surface area contributed by atoms with Crippen LogP contribution in [0.5, 0.6) is 0 Å². The van der Waals surface area contributed by atoms with Gasteiger partial charge in [-0.3, -0.25) is 0 Å². The lowest BCUT2D eigenvalue weighted by atomic mass is 9.82. The second kappa shape index (κ2) is 5.35. The van der Waals surface area contributed by atoms with Crippen LogP contribution in [-0.2, 0) is 6.42 Å².